The van der Waals surface area contributed by atoms with Crippen molar-refractivity contribution in [3.8, 4) is 0 Å². The van der Waals surface area contributed by atoms with Crippen molar-refractivity contribution in [2.45, 2.75) is 12.8 Å². The van der Waals surface area contributed by atoms with Crippen LogP contribution in [0.5, 0.6) is 0 Å². The van der Waals surface area contributed by atoms with E-state index in [2.05, 4.69) is 9.88 Å². The third kappa shape index (κ3) is 2.36. The van der Waals surface area contributed by atoms with Crippen molar-refractivity contribution in [3.05, 3.63) is 59.9 Å². The van der Waals surface area contributed by atoms with Crippen LogP contribution in [0.2, 0.25) is 0 Å². The zero-order valence-electron chi connectivity index (χ0n) is 10.7. The molecule has 0 spiro atoms. The van der Waals surface area contributed by atoms with Crippen molar-refractivity contribution < 1.29 is 4.79 Å². The van der Waals surface area contributed by atoms with E-state index in [1.807, 2.05) is 36.4 Å². The molecule has 1 fully saturated rings. The quantitative estimate of drug-likeness (QED) is 0.787. The molecule has 0 unspecified atom stereocenters. The number of hydrogen-bond acceptors (Lipinski definition) is 3. The second kappa shape index (κ2) is 5.22. The van der Waals surface area contributed by atoms with E-state index in [1.165, 1.54) is 12.8 Å². The molecule has 0 atom stereocenters. The normalized spacial score (nSPS) is 14.6. The van der Waals surface area contributed by atoms with Gasteiger partial charge >= 0.3 is 0 Å². The molecule has 19 heavy (non-hydrogen) atoms. The number of aromatic nitrogens is 1. The lowest BCUT2D eigenvalue weighted by atomic mass is 10.0. The third-order valence-corrected chi connectivity index (χ3v) is 3.49. The van der Waals surface area contributed by atoms with Crippen LogP contribution in [-0.4, -0.2) is 23.9 Å². The van der Waals surface area contributed by atoms with Crippen molar-refractivity contribution in [1.82, 2.24) is 4.98 Å². The van der Waals surface area contributed by atoms with Crippen molar-refractivity contribution >= 4 is 11.5 Å². The van der Waals surface area contributed by atoms with Gasteiger partial charge in [0.1, 0.15) is 5.69 Å². The summed E-state index contributed by atoms with van der Waals surface area (Å²) in [6, 6.07) is 13.3. The molecular weight excluding hydrogens is 236 g/mol. The lowest BCUT2D eigenvalue weighted by Crippen LogP contribution is -2.21. The first-order valence-corrected chi connectivity index (χ1v) is 6.66. The number of hydrogen-bond donors (Lipinski definition) is 0. The Hall–Kier alpha value is -2.16. The summed E-state index contributed by atoms with van der Waals surface area (Å²) in [7, 11) is 0. The van der Waals surface area contributed by atoms with E-state index >= 15 is 0 Å². The minimum atomic E-state index is 0.00287. The van der Waals surface area contributed by atoms with Gasteiger partial charge in [-0.25, -0.2) is 0 Å². The van der Waals surface area contributed by atoms with Crippen LogP contribution in [0.15, 0.2) is 48.7 Å². The number of carbonyl (C=O) groups excluding carboxylic acids is 1. The summed E-state index contributed by atoms with van der Waals surface area (Å²) in [5.74, 6) is 0.00287. The van der Waals surface area contributed by atoms with E-state index in [1.54, 1.807) is 12.3 Å². The van der Waals surface area contributed by atoms with Gasteiger partial charge in [0.2, 0.25) is 5.78 Å². The molecule has 0 bridgehead atoms. The van der Waals surface area contributed by atoms with E-state index in [0.29, 0.717) is 5.69 Å². The number of rotatable bonds is 3. The summed E-state index contributed by atoms with van der Waals surface area (Å²) in [4.78, 5) is 19.0. The first-order valence-electron chi connectivity index (χ1n) is 6.66. The number of anilines is 1. The highest BCUT2D eigenvalue weighted by atomic mass is 16.1. The van der Waals surface area contributed by atoms with Crippen LogP contribution in [0, 0.1) is 0 Å². The fraction of sp³-hybridized carbons (Fsp3) is 0.250. The summed E-state index contributed by atoms with van der Waals surface area (Å²) in [5, 5.41) is 0. The zero-order chi connectivity index (χ0) is 13.1. The molecule has 1 aliphatic rings. The molecule has 2 aromatic rings. The first-order chi connectivity index (χ1) is 9.36. The Kier molecular flexibility index (Phi) is 3.27. The molecule has 3 nitrogen and oxygen atoms in total. The van der Waals surface area contributed by atoms with E-state index in [-0.39, 0.29) is 5.78 Å². The Bertz CT molecular complexity index is 574. The topological polar surface area (TPSA) is 33.2 Å². The van der Waals surface area contributed by atoms with Crippen molar-refractivity contribution in [3.63, 3.8) is 0 Å². The summed E-state index contributed by atoms with van der Waals surface area (Å²) in [6.07, 6.45) is 4.06. The monoisotopic (exact) mass is 252 g/mol. The second-order valence-electron chi connectivity index (χ2n) is 4.76. The van der Waals surface area contributed by atoms with Gasteiger partial charge in [0.15, 0.2) is 0 Å². The van der Waals surface area contributed by atoms with Gasteiger partial charge < -0.3 is 4.90 Å². The number of nitrogens with zero attached hydrogens (tertiary/aromatic N) is 2. The predicted molar refractivity (Wildman–Crippen MR) is 75.6 cm³/mol. The lowest BCUT2D eigenvalue weighted by Gasteiger charge is -2.20. The fourth-order valence-electron chi connectivity index (χ4n) is 2.53. The number of para-hydroxylation sites is 1. The Morgan fingerprint density at radius 1 is 1.00 bits per heavy atom. The summed E-state index contributed by atoms with van der Waals surface area (Å²) >= 11 is 0. The van der Waals surface area contributed by atoms with Crippen LogP contribution >= 0.6 is 0 Å². The van der Waals surface area contributed by atoms with Gasteiger partial charge in [-0.15, -0.1) is 0 Å². The predicted octanol–water partition coefficient (Wildman–Crippen LogP) is 2.91. The number of ketones is 1. The van der Waals surface area contributed by atoms with Gasteiger partial charge in [0.25, 0.3) is 0 Å². The molecule has 3 rings (SSSR count). The highest BCUT2D eigenvalue weighted by Crippen LogP contribution is 2.26. The van der Waals surface area contributed by atoms with Crippen LogP contribution in [0.1, 0.15) is 28.9 Å². The number of benzene rings is 1. The zero-order valence-corrected chi connectivity index (χ0v) is 10.7. The summed E-state index contributed by atoms with van der Waals surface area (Å²) < 4.78 is 0. The Balaban J connectivity index is 1.98. The van der Waals surface area contributed by atoms with Crippen LogP contribution in [0.3, 0.4) is 0 Å². The highest BCUT2D eigenvalue weighted by Gasteiger charge is 2.20. The smallest absolute Gasteiger partial charge is 0.213 e. The maximum Gasteiger partial charge on any atom is 0.213 e. The molecule has 0 N–H and O–H groups in total. The first kappa shape index (κ1) is 11.9. The Labute approximate surface area is 112 Å². The van der Waals surface area contributed by atoms with Gasteiger partial charge in [-0.3, -0.25) is 9.78 Å². The van der Waals surface area contributed by atoms with Gasteiger partial charge in [-0.1, -0.05) is 18.2 Å². The molecule has 0 aliphatic carbocycles. The van der Waals surface area contributed by atoms with Crippen LogP contribution in [0.25, 0.3) is 0 Å². The number of carbonyl (C=O) groups is 1. The van der Waals surface area contributed by atoms with Crippen LogP contribution in [0.4, 0.5) is 5.69 Å². The molecule has 96 valence electrons. The van der Waals surface area contributed by atoms with Gasteiger partial charge in [-0.2, -0.15) is 0 Å². The average molecular weight is 252 g/mol. The molecule has 1 saturated heterocycles. The molecule has 0 saturated carbocycles. The van der Waals surface area contributed by atoms with E-state index in [4.69, 9.17) is 0 Å². The molecule has 0 radical (unpaired) electrons. The van der Waals surface area contributed by atoms with Crippen molar-refractivity contribution in [2.75, 3.05) is 18.0 Å². The van der Waals surface area contributed by atoms with Gasteiger partial charge in [0.05, 0.1) is 0 Å². The van der Waals surface area contributed by atoms with E-state index in [0.717, 1.165) is 24.3 Å². The van der Waals surface area contributed by atoms with E-state index in [9.17, 15) is 4.79 Å². The third-order valence-electron chi connectivity index (χ3n) is 3.49. The minimum Gasteiger partial charge on any atom is -0.371 e. The molecule has 0 amide bonds. The molecule has 1 aliphatic heterocycles. The lowest BCUT2D eigenvalue weighted by molar-refractivity contribution is 0.103. The van der Waals surface area contributed by atoms with E-state index < -0.39 is 0 Å². The SMILES string of the molecule is O=C(c1ccccn1)c1ccccc1N1CCCC1. The Morgan fingerprint density at radius 3 is 2.47 bits per heavy atom. The minimum absolute atomic E-state index is 0.00287. The van der Waals surface area contributed by atoms with Gasteiger partial charge in [-0.05, 0) is 37.1 Å². The maximum atomic E-state index is 12.5. The molecule has 1 aromatic carbocycles. The highest BCUT2D eigenvalue weighted by molar-refractivity contribution is 6.11. The molecular formula is C16H16N2O. The van der Waals surface area contributed by atoms with Crippen LogP contribution < -0.4 is 4.90 Å². The van der Waals surface area contributed by atoms with Crippen molar-refractivity contribution in [1.29, 1.82) is 0 Å². The fourth-order valence-corrected chi connectivity index (χ4v) is 2.53. The maximum absolute atomic E-state index is 12.5. The molecule has 1 aromatic heterocycles. The average Bonchev–Trinajstić information content (AvgIpc) is 3.01. The van der Waals surface area contributed by atoms with Gasteiger partial charge in [0, 0.05) is 30.5 Å². The Morgan fingerprint density at radius 2 is 1.74 bits per heavy atom. The largest absolute Gasteiger partial charge is 0.371 e. The van der Waals surface area contributed by atoms with Crippen LogP contribution in [-0.2, 0) is 0 Å². The molecule has 2 heterocycles. The second-order valence-corrected chi connectivity index (χ2v) is 4.76. The summed E-state index contributed by atoms with van der Waals surface area (Å²) in [5.41, 5.74) is 2.30. The standard InChI is InChI=1S/C16H16N2O/c19-16(14-8-3-4-10-17-14)13-7-1-2-9-15(13)18-11-5-6-12-18/h1-4,7-10H,5-6,11-12H2. The number of pyridine rings is 1. The van der Waals surface area contributed by atoms with Crippen molar-refractivity contribution in [2.24, 2.45) is 0 Å². The summed E-state index contributed by atoms with van der Waals surface area (Å²) in [6.45, 7) is 2.07. The molecule has 3 heteroatoms.